The molecule has 0 atom stereocenters. The predicted octanol–water partition coefficient (Wildman–Crippen LogP) is 3.26. The van der Waals surface area contributed by atoms with Gasteiger partial charge in [0.25, 0.3) is 0 Å². The number of carbonyl (C=O) groups excluding carboxylic acids is 1. The van der Waals surface area contributed by atoms with E-state index >= 15 is 0 Å². The molecule has 22 heavy (non-hydrogen) atoms. The summed E-state index contributed by atoms with van der Waals surface area (Å²) in [5.74, 6) is -1.21. The lowest BCUT2D eigenvalue weighted by atomic mass is 9.79. The van der Waals surface area contributed by atoms with Crippen LogP contribution in [-0.2, 0) is 20.3 Å². The van der Waals surface area contributed by atoms with E-state index < -0.39 is 32.8 Å². The summed E-state index contributed by atoms with van der Waals surface area (Å²) in [6.07, 6.45) is 0.0830. The largest absolute Gasteiger partial charge is 0.534 e. The van der Waals surface area contributed by atoms with Gasteiger partial charge in [-0.25, -0.2) is 0 Å². The number of benzene rings is 1. The Morgan fingerprint density at radius 3 is 2.45 bits per heavy atom. The number of alkyl halides is 3. The summed E-state index contributed by atoms with van der Waals surface area (Å²) < 4.78 is 68.3. The minimum atomic E-state index is -5.80. The molecule has 0 saturated carbocycles. The topological polar surface area (TPSA) is 69.7 Å². The SMILES string of the molecule is CC1(C)CC(=O)Oc2cc(OS(=O)(=O)C(F)(F)F)cc(Br)c21. The average Bonchev–Trinajstić information content (AvgIpc) is 2.22. The average molecular weight is 403 g/mol. The Morgan fingerprint density at radius 2 is 1.91 bits per heavy atom. The van der Waals surface area contributed by atoms with Crippen LogP contribution in [0.15, 0.2) is 16.6 Å². The van der Waals surface area contributed by atoms with Crippen molar-refractivity contribution in [1.82, 2.24) is 0 Å². The van der Waals surface area contributed by atoms with Gasteiger partial charge in [0, 0.05) is 21.5 Å². The zero-order valence-corrected chi connectivity index (χ0v) is 13.7. The molecule has 0 saturated heterocycles. The van der Waals surface area contributed by atoms with Gasteiger partial charge in [0.15, 0.2) is 0 Å². The van der Waals surface area contributed by atoms with Crippen molar-refractivity contribution in [2.24, 2.45) is 0 Å². The molecule has 0 aromatic heterocycles. The van der Waals surface area contributed by atoms with E-state index in [1.807, 2.05) is 0 Å². The molecule has 1 heterocycles. The highest BCUT2D eigenvalue weighted by Gasteiger charge is 2.49. The molecule has 5 nitrogen and oxygen atoms in total. The summed E-state index contributed by atoms with van der Waals surface area (Å²) in [6.45, 7) is 3.51. The van der Waals surface area contributed by atoms with Gasteiger partial charge in [-0.15, -0.1) is 0 Å². The predicted molar refractivity (Wildman–Crippen MR) is 73.0 cm³/mol. The Morgan fingerprint density at radius 1 is 1.32 bits per heavy atom. The first-order chi connectivity index (χ1) is 9.83. The summed E-state index contributed by atoms with van der Waals surface area (Å²) in [4.78, 5) is 11.5. The fraction of sp³-hybridized carbons (Fsp3) is 0.417. The number of hydrogen-bond donors (Lipinski definition) is 0. The van der Waals surface area contributed by atoms with Crippen LogP contribution in [0, 0.1) is 0 Å². The van der Waals surface area contributed by atoms with E-state index in [-0.39, 0.29) is 16.6 Å². The van der Waals surface area contributed by atoms with E-state index in [1.165, 1.54) is 0 Å². The fourth-order valence-corrected chi connectivity index (χ4v) is 3.53. The smallest absolute Gasteiger partial charge is 0.426 e. The molecule has 1 aliphatic heterocycles. The van der Waals surface area contributed by atoms with Gasteiger partial charge in [-0.3, -0.25) is 4.79 Å². The monoisotopic (exact) mass is 402 g/mol. The summed E-state index contributed by atoms with van der Waals surface area (Å²) in [6, 6.07) is 2.03. The highest BCUT2D eigenvalue weighted by molar-refractivity contribution is 9.10. The number of rotatable bonds is 2. The van der Waals surface area contributed by atoms with Gasteiger partial charge in [-0.1, -0.05) is 29.8 Å². The molecule has 122 valence electrons. The first kappa shape index (κ1) is 17.1. The second-order valence-corrected chi connectivity index (χ2v) is 7.69. The maximum absolute atomic E-state index is 12.3. The van der Waals surface area contributed by atoms with Gasteiger partial charge in [0.2, 0.25) is 0 Å². The molecular weight excluding hydrogens is 393 g/mol. The zero-order chi connectivity index (χ0) is 16.9. The van der Waals surface area contributed by atoms with Crippen molar-refractivity contribution in [3.05, 3.63) is 22.2 Å². The third-order valence-electron chi connectivity index (χ3n) is 3.00. The van der Waals surface area contributed by atoms with Gasteiger partial charge in [0.05, 0.1) is 6.42 Å². The van der Waals surface area contributed by atoms with Crippen molar-refractivity contribution < 1.29 is 35.3 Å². The second kappa shape index (κ2) is 5.12. The van der Waals surface area contributed by atoms with Crippen LogP contribution in [0.1, 0.15) is 25.8 Å². The van der Waals surface area contributed by atoms with Crippen molar-refractivity contribution in [1.29, 1.82) is 0 Å². The Labute approximate surface area is 132 Å². The van der Waals surface area contributed by atoms with Crippen LogP contribution in [0.4, 0.5) is 13.2 Å². The first-order valence-corrected chi connectivity index (χ1v) is 8.09. The molecule has 2 rings (SSSR count). The quantitative estimate of drug-likeness (QED) is 0.328. The van der Waals surface area contributed by atoms with E-state index in [0.717, 1.165) is 12.1 Å². The molecule has 0 N–H and O–H groups in total. The maximum Gasteiger partial charge on any atom is 0.534 e. The summed E-state index contributed by atoms with van der Waals surface area (Å²) >= 11 is 3.14. The third-order valence-corrected chi connectivity index (χ3v) is 4.61. The van der Waals surface area contributed by atoms with Crippen LogP contribution in [-0.4, -0.2) is 19.9 Å². The molecule has 1 aliphatic rings. The van der Waals surface area contributed by atoms with Crippen LogP contribution in [0.25, 0.3) is 0 Å². The number of fused-ring (bicyclic) bond motifs is 1. The molecule has 1 aromatic rings. The molecule has 0 fully saturated rings. The second-order valence-electron chi connectivity index (χ2n) is 5.30. The van der Waals surface area contributed by atoms with E-state index in [9.17, 15) is 26.4 Å². The minimum absolute atomic E-state index is 0.0389. The van der Waals surface area contributed by atoms with Crippen LogP contribution < -0.4 is 8.92 Å². The normalized spacial score (nSPS) is 17.6. The standard InChI is InChI=1S/C12H10BrF3O5S/c1-11(2)5-9(17)20-8-4-6(3-7(13)10(8)11)21-22(18,19)12(14,15)16/h3-4H,5H2,1-2H3. The van der Waals surface area contributed by atoms with Crippen molar-refractivity contribution in [3.8, 4) is 11.5 Å². The maximum atomic E-state index is 12.3. The number of carbonyl (C=O) groups is 1. The molecular formula is C12H10BrF3O5S. The fourth-order valence-electron chi connectivity index (χ4n) is 2.13. The Hall–Kier alpha value is -1.29. The van der Waals surface area contributed by atoms with Gasteiger partial charge in [-0.2, -0.15) is 21.6 Å². The molecule has 0 aliphatic carbocycles. The number of halogens is 4. The number of hydrogen-bond acceptors (Lipinski definition) is 5. The lowest BCUT2D eigenvalue weighted by molar-refractivity contribution is -0.137. The van der Waals surface area contributed by atoms with E-state index in [0.29, 0.717) is 5.56 Å². The van der Waals surface area contributed by atoms with Crippen molar-refractivity contribution in [3.63, 3.8) is 0 Å². The Bertz CT molecular complexity index is 740. The van der Waals surface area contributed by atoms with Gasteiger partial charge >= 0.3 is 21.6 Å². The van der Waals surface area contributed by atoms with E-state index in [4.69, 9.17) is 4.74 Å². The van der Waals surface area contributed by atoms with Gasteiger partial charge < -0.3 is 8.92 Å². The molecule has 0 spiro atoms. The molecule has 0 bridgehead atoms. The van der Waals surface area contributed by atoms with Crippen LogP contribution in [0.3, 0.4) is 0 Å². The zero-order valence-electron chi connectivity index (χ0n) is 11.3. The van der Waals surface area contributed by atoms with Crippen molar-refractivity contribution in [2.75, 3.05) is 0 Å². The molecule has 0 radical (unpaired) electrons. The molecule has 1 aromatic carbocycles. The van der Waals surface area contributed by atoms with Crippen LogP contribution in [0.2, 0.25) is 0 Å². The highest BCUT2D eigenvalue weighted by atomic mass is 79.9. The number of esters is 1. The summed E-state index contributed by atoms with van der Waals surface area (Å²) in [7, 11) is -5.80. The van der Waals surface area contributed by atoms with Gasteiger partial charge in [0.1, 0.15) is 11.5 Å². The van der Waals surface area contributed by atoms with Crippen LogP contribution in [0.5, 0.6) is 11.5 Å². The lowest BCUT2D eigenvalue weighted by Gasteiger charge is -2.32. The summed E-state index contributed by atoms with van der Waals surface area (Å²) in [5, 5.41) is 0. The Kier molecular flexibility index (Phi) is 3.97. The molecule has 0 amide bonds. The van der Waals surface area contributed by atoms with Crippen molar-refractivity contribution in [2.45, 2.75) is 31.2 Å². The van der Waals surface area contributed by atoms with Crippen molar-refractivity contribution >= 4 is 32.0 Å². The molecule has 10 heteroatoms. The third kappa shape index (κ3) is 3.07. The molecule has 0 unspecified atom stereocenters. The highest BCUT2D eigenvalue weighted by Crippen LogP contribution is 2.45. The van der Waals surface area contributed by atoms with Gasteiger partial charge in [-0.05, 0) is 6.07 Å². The van der Waals surface area contributed by atoms with E-state index in [1.54, 1.807) is 13.8 Å². The van der Waals surface area contributed by atoms with Crippen LogP contribution >= 0.6 is 15.9 Å². The summed E-state index contributed by atoms with van der Waals surface area (Å²) in [5.41, 5.74) is -5.63. The first-order valence-electron chi connectivity index (χ1n) is 5.89. The number of ether oxygens (including phenoxy) is 1. The van der Waals surface area contributed by atoms with E-state index in [2.05, 4.69) is 20.1 Å². The lowest BCUT2D eigenvalue weighted by Crippen LogP contribution is -2.31. The minimum Gasteiger partial charge on any atom is -0.426 e. The Balaban J connectivity index is 2.50.